The van der Waals surface area contributed by atoms with Crippen molar-refractivity contribution in [2.24, 2.45) is 0 Å². The van der Waals surface area contributed by atoms with Crippen LogP contribution in [0.25, 0.3) is 0 Å². The Morgan fingerprint density at radius 1 is 1.33 bits per heavy atom. The second-order valence-electron chi connectivity index (χ2n) is 4.29. The van der Waals surface area contributed by atoms with Gasteiger partial charge in [-0.15, -0.1) is 0 Å². The topological polar surface area (TPSA) is 64.3 Å². The van der Waals surface area contributed by atoms with Crippen LogP contribution in [-0.4, -0.2) is 12.5 Å². The van der Waals surface area contributed by atoms with Crippen molar-refractivity contribution >= 4 is 27.5 Å². The lowest BCUT2D eigenvalue weighted by molar-refractivity contribution is 0.0956. The lowest BCUT2D eigenvalue weighted by Gasteiger charge is -2.10. The van der Waals surface area contributed by atoms with Crippen LogP contribution in [0.3, 0.4) is 0 Å². The van der Waals surface area contributed by atoms with E-state index in [1.807, 2.05) is 6.92 Å². The Labute approximate surface area is 130 Å². The average Bonchev–Trinajstić information content (AvgIpc) is 2.45. The molecular weight excluding hydrogens is 339 g/mol. The van der Waals surface area contributed by atoms with Gasteiger partial charge < -0.3 is 15.8 Å². The SMILES string of the molecule is CCNC(=O)c1ccc(Oc2ccc(F)c(Br)c2)c(N)c1. The fourth-order valence-electron chi connectivity index (χ4n) is 1.71. The zero-order chi connectivity index (χ0) is 15.4. The first kappa shape index (κ1) is 15.3. The maximum Gasteiger partial charge on any atom is 0.251 e. The predicted molar refractivity (Wildman–Crippen MR) is 83.0 cm³/mol. The summed E-state index contributed by atoms with van der Waals surface area (Å²) in [5, 5.41) is 2.69. The lowest BCUT2D eigenvalue weighted by atomic mass is 10.1. The van der Waals surface area contributed by atoms with Gasteiger partial charge in [0.25, 0.3) is 5.91 Å². The van der Waals surface area contributed by atoms with Crippen molar-refractivity contribution < 1.29 is 13.9 Å². The summed E-state index contributed by atoms with van der Waals surface area (Å²) >= 11 is 3.09. The van der Waals surface area contributed by atoms with E-state index < -0.39 is 0 Å². The molecule has 1 amide bonds. The van der Waals surface area contributed by atoms with Crippen LogP contribution in [0.5, 0.6) is 11.5 Å². The number of hydrogen-bond donors (Lipinski definition) is 2. The number of nitrogens with two attached hydrogens (primary N) is 1. The van der Waals surface area contributed by atoms with E-state index in [1.165, 1.54) is 18.2 Å². The van der Waals surface area contributed by atoms with Crippen molar-refractivity contribution in [3.05, 3.63) is 52.3 Å². The molecular formula is C15H14BrFN2O2. The van der Waals surface area contributed by atoms with Crippen molar-refractivity contribution in [1.29, 1.82) is 0 Å². The lowest BCUT2D eigenvalue weighted by Crippen LogP contribution is -2.22. The molecule has 0 bridgehead atoms. The Balaban J connectivity index is 2.21. The van der Waals surface area contributed by atoms with Crippen LogP contribution in [0.2, 0.25) is 0 Å². The number of rotatable bonds is 4. The van der Waals surface area contributed by atoms with Crippen molar-refractivity contribution in [3.63, 3.8) is 0 Å². The van der Waals surface area contributed by atoms with Crippen LogP contribution in [-0.2, 0) is 0 Å². The molecule has 0 atom stereocenters. The first-order chi connectivity index (χ1) is 10.0. The fourth-order valence-corrected chi connectivity index (χ4v) is 2.07. The molecule has 0 fully saturated rings. The third kappa shape index (κ3) is 3.72. The smallest absolute Gasteiger partial charge is 0.251 e. The van der Waals surface area contributed by atoms with Crippen molar-refractivity contribution in [2.75, 3.05) is 12.3 Å². The quantitative estimate of drug-likeness (QED) is 0.824. The van der Waals surface area contributed by atoms with Gasteiger partial charge in [0.2, 0.25) is 0 Å². The maximum atomic E-state index is 13.2. The molecule has 21 heavy (non-hydrogen) atoms. The molecule has 4 nitrogen and oxygen atoms in total. The second kappa shape index (κ2) is 6.58. The standard InChI is InChI=1S/C15H14BrFN2O2/c1-2-19-15(20)9-3-6-14(13(18)7-9)21-10-4-5-12(17)11(16)8-10/h3-8H,2,18H2,1H3,(H,19,20). The Morgan fingerprint density at radius 2 is 2.10 bits per heavy atom. The van der Waals surface area contributed by atoms with Crippen molar-refractivity contribution in [2.45, 2.75) is 6.92 Å². The summed E-state index contributed by atoms with van der Waals surface area (Å²) in [6.45, 7) is 2.38. The number of ether oxygens (including phenoxy) is 1. The number of nitrogens with one attached hydrogen (secondary N) is 1. The zero-order valence-corrected chi connectivity index (χ0v) is 12.9. The summed E-state index contributed by atoms with van der Waals surface area (Å²) < 4.78 is 19.0. The summed E-state index contributed by atoms with van der Waals surface area (Å²) in [5.74, 6) is 0.282. The van der Waals surface area contributed by atoms with E-state index >= 15 is 0 Å². The number of halogens is 2. The third-order valence-corrected chi connectivity index (χ3v) is 3.34. The van der Waals surface area contributed by atoms with E-state index in [0.29, 0.717) is 33.8 Å². The molecule has 0 radical (unpaired) electrons. The monoisotopic (exact) mass is 352 g/mol. The van der Waals surface area contributed by atoms with Gasteiger partial charge in [0.05, 0.1) is 10.2 Å². The summed E-state index contributed by atoms with van der Waals surface area (Å²) in [6.07, 6.45) is 0. The Kier molecular flexibility index (Phi) is 4.80. The summed E-state index contributed by atoms with van der Waals surface area (Å²) in [4.78, 5) is 11.7. The molecule has 3 N–H and O–H groups in total. The molecule has 0 aliphatic heterocycles. The van der Waals surface area contributed by atoms with Crippen LogP contribution in [0.15, 0.2) is 40.9 Å². The number of anilines is 1. The second-order valence-corrected chi connectivity index (χ2v) is 5.14. The van der Waals surface area contributed by atoms with Crippen molar-refractivity contribution in [1.82, 2.24) is 5.32 Å². The number of benzene rings is 2. The normalized spacial score (nSPS) is 10.2. The molecule has 110 valence electrons. The highest BCUT2D eigenvalue weighted by Crippen LogP contribution is 2.30. The Hall–Kier alpha value is -2.08. The summed E-state index contributed by atoms with van der Waals surface area (Å²) in [5.41, 5.74) is 6.67. The van der Waals surface area contributed by atoms with Gasteiger partial charge in [-0.25, -0.2) is 4.39 Å². The molecule has 0 aromatic heterocycles. The van der Waals surface area contributed by atoms with E-state index in [-0.39, 0.29) is 11.7 Å². The number of amides is 1. The first-order valence-corrected chi connectivity index (χ1v) is 7.11. The van der Waals surface area contributed by atoms with Gasteiger partial charge in [-0.2, -0.15) is 0 Å². The Morgan fingerprint density at radius 3 is 2.71 bits per heavy atom. The molecule has 2 aromatic carbocycles. The van der Waals surface area contributed by atoms with E-state index in [0.717, 1.165) is 0 Å². The predicted octanol–water partition coefficient (Wildman–Crippen LogP) is 3.71. The van der Waals surface area contributed by atoms with Gasteiger partial charge in [0.15, 0.2) is 0 Å². The number of carbonyl (C=O) groups excluding carboxylic acids is 1. The Bertz CT molecular complexity index is 677. The highest BCUT2D eigenvalue weighted by atomic mass is 79.9. The first-order valence-electron chi connectivity index (χ1n) is 6.32. The average molecular weight is 353 g/mol. The van der Waals surface area contributed by atoms with Gasteiger partial charge in [0, 0.05) is 12.1 Å². The summed E-state index contributed by atoms with van der Waals surface area (Å²) in [7, 11) is 0. The molecule has 0 saturated heterocycles. The van der Waals surface area contributed by atoms with Gasteiger partial charge >= 0.3 is 0 Å². The molecule has 0 spiro atoms. The van der Waals surface area contributed by atoms with E-state index in [2.05, 4.69) is 21.2 Å². The molecule has 0 unspecified atom stereocenters. The van der Waals surface area contributed by atoms with Gasteiger partial charge in [0.1, 0.15) is 17.3 Å². The largest absolute Gasteiger partial charge is 0.455 e. The number of hydrogen-bond acceptors (Lipinski definition) is 3. The molecule has 2 rings (SSSR count). The van der Waals surface area contributed by atoms with Gasteiger partial charge in [-0.1, -0.05) is 0 Å². The molecule has 0 aliphatic rings. The highest BCUT2D eigenvalue weighted by Gasteiger charge is 2.09. The molecule has 0 aliphatic carbocycles. The van der Waals surface area contributed by atoms with Crippen molar-refractivity contribution in [3.8, 4) is 11.5 Å². The van der Waals surface area contributed by atoms with Crippen LogP contribution < -0.4 is 15.8 Å². The number of carbonyl (C=O) groups is 1. The molecule has 0 heterocycles. The highest BCUT2D eigenvalue weighted by molar-refractivity contribution is 9.10. The molecule has 0 saturated carbocycles. The van der Waals surface area contributed by atoms with E-state index in [4.69, 9.17) is 10.5 Å². The minimum atomic E-state index is -0.373. The number of nitrogen functional groups attached to an aromatic ring is 1. The van der Waals surface area contributed by atoms with Crippen LogP contribution in [0.1, 0.15) is 17.3 Å². The van der Waals surface area contributed by atoms with Crippen LogP contribution in [0, 0.1) is 5.82 Å². The minimum absolute atomic E-state index is 0.194. The fraction of sp³-hybridized carbons (Fsp3) is 0.133. The van der Waals surface area contributed by atoms with Crippen LogP contribution >= 0.6 is 15.9 Å². The molecule has 2 aromatic rings. The molecule has 6 heteroatoms. The maximum absolute atomic E-state index is 13.2. The van der Waals surface area contributed by atoms with Gasteiger partial charge in [-0.3, -0.25) is 4.79 Å². The van der Waals surface area contributed by atoms with Crippen LogP contribution in [0.4, 0.5) is 10.1 Å². The van der Waals surface area contributed by atoms with E-state index in [9.17, 15) is 9.18 Å². The van der Waals surface area contributed by atoms with Gasteiger partial charge in [-0.05, 0) is 59.3 Å². The summed E-state index contributed by atoms with van der Waals surface area (Å²) in [6, 6.07) is 9.06. The minimum Gasteiger partial charge on any atom is -0.455 e. The van der Waals surface area contributed by atoms with E-state index in [1.54, 1.807) is 18.2 Å². The zero-order valence-electron chi connectivity index (χ0n) is 11.3. The third-order valence-electron chi connectivity index (χ3n) is 2.73.